The van der Waals surface area contributed by atoms with Crippen molar-refractivity contribution in [2.24, 2.45) is 0 Å². The molecule has 2 rings (SSSR count). The van der Waals surface area contributed by atoms with Gasteiger partial charge in [-0.1, -0.05) is 45.0 Å². The number of thiazole rings is 1. The molecule has 0 amide bonds. The number of allylic oxidation sites excluding steroid dienone is 1. The van der Waals surface area contributed by atoms with E-state index in [4.69, 9.17) is 0 Å². The second-order valence-electron chi connectivity index (χ2n) is 5.38. The van der Waals surface area contributed by atoms with E-state index in [1.165, 1.54) is 16.9 Å². The molecule has 0 saturated heterocycles. The minimum absolute atomic E-state index is 0.148. The molecule has 2 nitrogen and oxygen atoms in total. The highest BCUT2D eigenvalue weighted by molar-refractivity contribution is 7.10. The largest absolute Gasteiger partial charge is 0.244 e. The smallest absolute Gasteiger partial charge is 0.133 e. The van der Waals surface area contributed by atoms with Gasteiger partial charge in [0, 0.05) is 11.6 Å². The van der Waals surface area contributed by atoms with E-state index in [1.807, 2.05) is 23.6 Å². The van der Waals surface area contributed by atoms with E-state index < -0.39 is 0 Å². The molecule has 0 N–H and O–H groups in total. The summed E-state index contributed by atoms with van der Waals surface area (Å²) in [5.41, 5.74) is 3.07. The maximum Gasteiger partial charge on any atom is 0.133 e. The number of benzene rings is 1. The van der Waals surface area contributed by atoms with E-state index in [-0.39, 0.29) is 5.41 Å². The van der Waals surface area contributed by atoms with Crippen molar-refractivity contribution in [3.05, 3.63) is 52.0 Å². The van der Waals surface area contributed by atoms with Crippen LogP contribution in [0.15, 0.2) is 35.8 Å². The first-order valence-corrected chi connectivity index (χ1v) is 7.01. The standard InChI is InChI=1S/C16H16N2S/c1-16(2,3)14-6-4-12(5-7-14)10-13(11-17)15-18-8-9-19-15/h4-10H,1-3H3/b13-10+. The van der Waals surface area contributed by atoms with Crippen molar-refractivity contribution in [2.75, 3.05) is 0 Å². The van der Waals surface area contributed by atoms with E-state index in [9.17, 15) is 5.26 Å². The Bertz CT molecular complexity index is 608. The molecule has 0 atom stereocenters. The molecule has 0 aliphatic carbocycles. The van der Waals surface area contributed by atoms with E-state index in [0.29, 0.717) is 5.57 Å². The van der Waals surface area contributed by atoms with E-state index in [0.717, 1.165) is 10.6 Å². The summed E-state index contributed by atoms with van der Waals surface area (Å²) in [6, 6.07) is 10.5. The van der Waals surface area contributed by atoms with Crippen LogP contribution in [0, 0.1) is 11.3 Å². The fraction of sp³-hybridized carbons (Fsp3) is 0.250. The van der Waals surface area contributed by atoms with Crippen molar-refractivity contribution in [2.45, 2.75) is 26.2 Å². The molecule has 0 saturated carbocycles. The Morgan fingerprint density at radius 2 is 1.95 bits per heavy atom. The van der Waals surface area contributed by atoms with Crippen molar-refractivity contribution in [1.29, 1.82) is 5.26 Å². The van der Waals surface area contributed by atoms with E-state index in [2.05, 4.69) is 44.0 Å². The first-order chi connectivity index (χ1) is 9.00. The molecular formula is C16H16N2S. The van der Waals surface area contributed by atoms with Crippen LogP contribution in [0.3, 0.4) is 0 Å². The minimum atomic E-state index is 0.148. The summed E-state index contributed by atoms with van der Waals surface area (Å²) in [5, 5.41) is 11.8. The zero-order chi connectivity index (χ0) is 13.9. The van der Waals surface area contributed by atoms with Gasteiger partial charge in [-0.3, -0.25) is 0 Å². The molecule has 2 aromatic rings. The molecule has 1 aromatic carbocycles. The van der Waals surface area contributed by atoms with Crippen LogP contribution < -0.4 is 0 Å². The fourth-order valence-corrected chi connectivity index (χ4v) is 2.35. The lowest BCUT2D eigenvalue weighted by Crippen LogP contribution is -2.10. The lowest BCUT2D eigenvalue weighted by molar-refractivity contribution is 0.590. The average molecular weight is 268 g/mol. The van der Waals surface area contributed by atoms with Gasteiger partial charge in [0.2, 0.25) is 0 Å². The van der Waals surface area contributed by atoms with Crippen LogP contribution >= 0.6 is 11.3 Å². The lowest BCUT2D eigenvalue weighted by atomic mass is 9.86. The highest BCUT2D eigenvalue weighted by Gasteiger charge is 2.12. The maximum atomic E-state index is 9.19. The van der Waals surface area contributed by atoms with Crippen molar-refractivity contribution < 1.29 is 0 Å². The van der Waals surface area contributed by atoms with Crippen LogP contribution in [0.4, 0.5) is 0 Å². The summed E-state index contributed by atoms with van der Waals surface area (Å²) in [6.45, 7) is 6.57. The van der Waals surface area contributed by atoms with Gasteiger partial charge >= 0.3 is 0 Å². The molecule has 0 bridgehead atoms. The highest BCUT2D eigenvalue weighted by Crippen LogP contribution is 2.24. The van der Waals surface area contributed by atoms with Crippen LogP contribution in [0.1, 0.15) is 36.9 Å². The Kier molecular flexibility index (Phi) is 3.82. The predicted molar refractivity (Wildman–Crippen MR) is 80.7 cm³/mol. The second-order valence-corrected chi connectivity index (χ2v) is 6.27. The number of nitrogens with zero attached hydrogens (tertiary/aromatic N) is 2. The Hall–Kier alpha value is -1.92. The van der Waals surface area contributed by atoms with Crippen molar-refractivity contribution >= 4 is 23.0 Å². The summed E-state index contributed by atoms with van der Waals surface area (Å²) in [4.78, 5) is 4.17. The maximum absolute atomic E-state index is 9.19. The third-order valence-corrected chi connectivity index (χ3v) is 3.68. The summed E-state index contributed by atoms with van der Waals surface area (Å²) in [5.74, 6) is 0. The summed E-state index contributed by atoms with van der Waals surface area (Å²) in [7, 11) is 0. The highest BCUT2D eigenvalue weighted by atomic mass is 32.1. The molecular weight excluding hydrogens is 252 g/mol. The molecule has 1 heterocycles. The summed E-state index contributed by atoms with van der Waals surface area (Å²) < 4.78 is 0. The van der Waals surface area contributed by atoms with Gasteiger partial charge in [0.15, 0.2) is 0 Å². The zero-order valence-electron chi connectivity index (χ0n) is 11.3. The molecule has 0 aliphatic heterocycles. The monoisotopic (exact) mass is 268 g/mol. The molecule has 3 heteroatoms. The number of nitriles is 1. The second kappa shape index (κ2) is 5.38. The molecule has 0 unspecified atom stereocenters. The average Bonchev–Trinajstić information content (AvgIpc) is 2.89. The van der Waals surface area contributed by atoms with Crippen molar-refractivity contribution in [3.8, 4) is 6.07 Å². The Morgan fingerprint density at radius 3 is 2.42 bits per heavy atom. The minimum Gasteiger partial charge on any atom is -0.244 e. The SMILES string of the molecule is CC(C)(C)c1ccc(/C=C(\C#N)c2nccs2)cc1. The lowest BCUT2D eigenvalue weighted by Gasteiger charge is -2.18. The first kappa shape index (κ1) is 13.5. The molecule has 0 aliphatic rings. The van der Waals surface area contributed by atoms with Crippen LogP contribution in [-0.4, -0.2) is 4.98 Å². The van der Waals surface area contributed by atoms with Crippen LogP contribution in [0.2, 0.25) is 0 Å². The van der Waals surface area contributed by atoms with Gasteiger partial charge in [0.1, 0.15) is 11.1 Å². The fourth-order valence-electron chi connectivity index (χ4n) is 1.74. The molecule has 0 spiro atoms. The number of hydrogen-bond acceptors (Lipinski definition) is 3. The van der Waals surface area contributed by atoms with Gasteiger partial charge < -0.3 is 0 Å². The van der Waals surface area contributed by atoms with E-state index >= 15 is 0 Å². The van der Waals surface area contributed by atoms with Crippen LogP contribution in [0.25, 0.3) is 11.6 Å². The first-order valence-electron chi connectivity index (χ1n) is 6.13. The predicted octanol–water partition coefficient (Wildman–Crippen LogP) is 4.50. The van der Waals surface area contributed by atoms with Gasteiger partial charge in [0.25, 0.3) is 0 Å². The molecule has 19 heavy (non-hydrogen) atoms. The van der Waals surface area contributed by atoms with Gasteiger partial charge in [0.05, 0.1) is 5.57 Å². The molecule has 1 aromatic heterocycles. The third-order valence-electron chi connectivity index (χ3n) is 2.87. The van der Waals surface area contributed by atoms with Crippen molar-refractivity contribution in [1.82, 2.24) is 4.98 Å². The van der Waals surface area contributed by atoms with Gasteiger partial charge in [-0.05, 0) is 22.6 Å². The Morgan fingerprint density at radius 1 is 1.26 bits per heavy atom. The molecule has 0 fully saturated rings. The van der Waals surface area contributed by atoms with Crippen molar-refractivity contribution in [3.63, 3.8) is 0 Å². The molecule has 0 radical (unpaired) electrons. The van der Waals surface area contributed by atoms with E-state index in [1.54, 1.807) is 6.20 Å². The summed E-state index contributed by atoms with van der Waals surface area (Å²) in [6.07, 6.45) is 3.60. The molecule has 96 valence electrons. The summed E-state index contributed by atoms with van der Waals surface area (Å²) >= 11 is 1.48. The topological polar surface area (TPSA) is 36.7 Å². The Balaban J connectivity index is 2.31. The van der Waals surface area contributed by atoms with Crippen LogP contribution in [0.5, 0.6) is 0 Å². The Labute approximate surface area is 118 Å². The number of hydrogen-bond donors (Lipinski definition) is 0. The van der Waals surface area contributed by atoms with Crippen LogP contribution in [-0.2, 0) is 5.41 Å². The number of rotatable bonds is 2. The number of aromatic nitrogens is 1. The third kappa shape index (κ3) is 3.30. The van der Waals surface area contributed by atoms with Gasteiger partial charge in [-0.25, -0.2) is 4.98 Å². The quantitative estimate of drug-likeness (QED) is 0.752. The van der Waals surface area contributed by atoms with Gasteiger partial charge in [-0.15, -0.1) is 11.3 Å². The zero-order valence-corrected chi connectivity index (χ0v) is 12.2. The normalized spacial score (nSPS) is 12.2. The van der Waals surface area contributed by atoms with Gasteiger partial charge in [-0.2, -0.15) is 5.26 Å².